The number of ether oxygens (including phenoxy) is 2. The minimum absolute atomic E-state index is 0.102. The molecule has 2 aliphatic heterocycles. The number of hydrogen-bond acceptors (Lipinski definition) is 5. The monoisotopic (exact) mass is 394 g/mol. The number of hydrogen-bond donors (Lipinski definition) is 0. The summed E-state index contributed by atoms with van der Waals surface area (Å²) < 4.78 is 50.3. The first-order chi connectivity index (χ1) is 12.1. The van der Waals surface area contributed by atoms with Crippen molar-refractivity contribution in [2.24, 2.45) is 5.92 Å². The van der Waals surface area contributed by atoms with Crippen molar-refractivity contribution >= 4 is 23.0 Å². The standard InChI is InChI=1S/C16H18ClF3N2O4/c1-15(25-6-7-26-15)10-2-4-21(5-3-10)13-9-12(17)11(16(18,19)20)8-14(13)22(23)24/h8-10H,2-7H2,1H3. The lowest BCUT2D eigenvalue weighted by Crippen LogP contribution is -2.44. The maximum Gasteiger partial charge on any atom is 0.418 e. The fourth-order valence-corrected chi connectivity index (χ4v) is 3.84. The first-order valence-corrected chi connectivity index (χ1v) is 8.57. The second-order valence-electron chi connectivity index (χ2n) is 6.55. The molecule has 0 radical (unpaired) electrons. The van der Waals surface area contributed by atoms with E-state index in [1.807, 2.05) is 6.92 Å². The summed E-state index contributed by atoms with van der Waals surface area (Å²) in [6, 6.07) is 1.54. The zero-order valence-electron chi connectivity index (χ0n) is 14.0. The molecule has 6 nitrogen and oxygen atoms in total. The molecule has 0 bridgehead atoms. The van der Waals surface area contributed by atoms with Crippen LogP contribution in [-0.4, -0.2) is 37.0 Å². The Kier molecular flexibility index (Phi) is 5.06. The topological polar surface area (TPSA) is 64.8 Å². The van der Waals surface area contributed by atoms with Gasteiger partial charge in [0, 0.05) is 25.1 Å². The summed E-state index contributed by atoms with van der Waals surface area (Å²) in [6.07, 6.45) is -3.46. The van der Waals surface area contributed by atoms with Gasteiger partial charge in [-0.2, -0.15) is 13.2 Å². The zero-order valence-corrected chi connectivity index (χ0v) is 14.8. The Bertz CT molecular complexity index is 699. The summed E-state index contributed by atoms with van der Waals surface area (Å²) in [5.74, 6) is -0.555. The molecule has 0 aliphatic carbocycles. The smallest absolute Gasteiger partial charge is 0.366 e. The first kappa shape index (κ1) is 19.2. The molecule has 10 heteroatoms. The van der Waals surface area contributed by atoms with E-state index in [2.05, 4.69) is 0 Å². The number of benzene rings is 1. The largest absolute Gasteiger partial charge is 0.418 e. The van der Waals surface area contributed by atoms with Crippen molar-refractivity contribution in [3.8, 4) is 0 Å². The molecule has 3 rings (SSSR count). The highest BCUT2D eigenvalue weighted by molar-refractivity contribution is 6.31. The molecule has 1 aromatic carbocycles. The van der Waals surface area contributed by atoms with Crippen molar-refractivity contribution in [2.45, 2.75) is 31.7 Å². The Morgan fingerprint density at radius 2 is 1.85 bits per heavy atom. The average Bonchev–Trinajstić information content (AvgIpc) is 3.01. The Hall–Kier alpha value is -1.58. The van der Waals surface area contributed by atoms with Crippen LogP contribution in [0.15, 0.2) is 12.1 Å². The van der Waals surface area contributed by atoms with Gasteiger partial charge >= 0.3 is 6.18 Å². The van der Waals surface area contributed by atoms with Gasteiger partial charge in [-0.15, -0.1) is 0 Å². The van der Waals surface area contributed by atoms with Crippen LogP contribution in [0.5, 0.6) is 0 Å². The van der Waals surface area contributed by atoms with E-state index in [0.717, 1.165) is 6.07 Å². The van der Waals surface area contributed by atoms with Gasteiger partial charge in [0.25, 0.3) is 5.69 Å². The molecular weight excluding hydrogens is 377 g/mol. The van der Waals surface area contributed by atoms with E-state index in [4.69, 9.17) is 21.1 Å². The Morgan fingerprint density at radius 1 is 1.27 bits per heavy atom. The first-order valence-electron chi connectivity index (χ1n) is 8.20. The van der Waals surface area contributed by atoms with Crippen LogP contribution in [0, 0.1) is 16.0 Å². The van der Waals surface area contributed by atoms with Crippen LogP contribution in [0.2, 0.25) is 5.02 Å². The van der Waals surface area contributed by atoms with Crippen molar-refractivity contribution in [3.63, 3.8) is 0 Å². The Balaban J connectivity index is 1.83. The number of nitrogens with zero attached hydrogens (tertiary/aromatic N) is 2. The third-order valence-corrected chi connectivity index (χ3v) is 5.32. The lowest BCUT2D eigenvalue weighted by molar-refractivity contribution is -0.384. The van der Waals surface area contributed by atoms with Gasteiger partial charge in [0.1, 0.15) is 5.69 Å². The van der Waals surface area contributed by atoms with Crippen LogP contribution >= 0.6 is 11.6 Å². The van der Waals surface area contributed by atoms with Crippen LogP contribution < -0.4 is 4.90 Å². The summed E-state index contributed by atoms with van der Waals surface area (Å²) in [4.78, 5) is 12.2. The van der Waals surface area contributed by atoms with Crippen molar-refractivity contribution in [1.82, 2.24) is 0 Å². The number of nitro benzene ring substituents is 1. The SMILES string of the molecule is CC1(C2CCN(c3cc(Cl)c(C(F)(F)F)cc3[N+](=O)[O-])CC2)OCCO1. The van der Waals surface area contributed by atoms with E-state index in [1.165, 1.54) is 0 Å². The molecular formula is C16H18ClF3N2O4. The van der Waals surface area contributed by atoms with E-state index < -0.39 is 33.2 Å². The van der Waals surface area contributed by atoms with E-state index in [1.54, 1.807) is 4.90 Å². The summed E-state index contributed by atoms with van der Waals surface area (Å²) >= 11 is 5.76. The third-order valence-electron chi connectivity index (χ3n) is 5.00. The summed E-state index contributed by atoms with van der Waals surface area (Å²) in [5.41, 5.74) is -1.70. The van der Waals surface area contributed by atoms with Gasteiger partial charge in [-0.3, -0.25) is 10.1 Å². The number of anilines is 1. The van der Waals surface area contributed by atoms with E-state index in [9.17, 15) is 23.3 Å². The number of nitro groups is 1. The van der Waals surface area contributed by atoms with Crippen LogP contribution in [0.25, 0.3) is 0 Å². The number of halogens is 4. The van der Waals surface area contributed by atoms with Gasteiger partial charge < -0.3 is 14.4 Å². The minimum atomic E-state index is -4.75. The number of alkyl halides is 3. The van der Waals surface area contributed by atoms with E-state index in [-0.39, 0.29) is 11.6 Å². The minimum Gasteiger partial charge on any atom is -0.366 e. The van der Waals surface area contributed by atoms with Crippen LogP contribution in [0.1, 0.15) is 25.3 Å². The molecule has 0 N–H and O–H groups in total. The Labute approximate surface area is 153 Å². The molecule has 2 aliphatic rings. The summed E-state index contributed by atoms with van der Waals surface area (Å²) in [5, 5.41) is 10.8. The molecule has 144 valence electrons. The average molecular weight is 395 g/mol. The molecule has 0 aromatic heterocycles. The van der Waals surface area contributed by atoms with Gasteiger partial charge in [-0.1, -0.05) is 11.6 Å². The second kappa shape index (κ2) is 6.86. The fourth-order valence-electron chi connectivity index (χ4n) is 3.58. The quantitative estimate of drug-likeness (QED) is 0.566. The van der Waals surface area contributed by atoms with Gasteiger partial charge in [-0.25, -0.2) is 0 Å². The molecule has 0 atom stereocenters. The summed E-state index contributed by atoms with van der Waals surface area (Å²) in [7, 11) is 0. The van der Waals surface area contributed by atoms with Crippen LogP contribution in [0.4, 0.5) is 24.5 Å². The van der Waals surface area contributed by atoms with Crippen molar-refractivity contribution in [1.29, 1.82) is 0 Å². The fraction of sp³-hybridized carbons (Fsp3) is 0.625. The van der Waals surface area contributed by atoms with Crippen LogP contribution in [-0.2, 0) is 15.7 Å². The van der Waals surface area contributed by atoms with E-state index >= 15 is 0 Å². The van der Waals surface area contributed by atoms with Crippen molar-refractivity contribution in [3.05, 3.63) is 32.8 Å². The highest BCUT2D eigenvalue weighted by atomic mass is 35.5. The van der Waals surface area contributed by atoms with Crippen LogP contribution in [0.3, 0.4) is 0 Å². The normalized spacial score (nSPS) is 21.2. The number of piperidine rings is 1. The molecule has 1 aromatic rings. The molecule has 0 saturated carbocycles. The maximum absolute atomic E-state index is 13.0. The van der Waals surface area contributed by atoms with Crippen molar-refractivity contribution in [2.75, 3.05) is 31.2 Å². The molecule has 0 spiro atoms. The predicted molar refractivity (Wildman–Crippen MR) is 88.4 cm³/mol. The molecule has 0 unspecified atom stereocenters. The molecule has 2 saturated heterocycles. The zero-order chi connectivity index (χ0) is 19.1. The van der Waals surface area contributed by atoms with Gasteiger partial charge in [0.2, 0.25) is 0 Å². The molecule has 26 heavy (non-hydrogen) atoms. The van der Waals surface area contributed by atoms with Crippen molar-refractivity contribution < 1.29 is 27.6 Å². The Morgan fingerprint density at radius 3 is 2.35 bits per heavy atom. The third kappa shape index (κ3) is 3.60. The van der Waals surface area contributed by atoms with Gasteiger partial charge in [0.15, 0.2) is 5.79 Å². The lowest BCUT2D eigenvalue weighted by Gasteiger charge is -2.39. The van der Waals surface area contributed by atoms with Gasteiger partial charge in [-0.05, 0) is 25.8 Å². The lowest BCUT2D eigenvalue weighted by atomic mass is 9.89. The molecule has 2 fully saturated rings. The predicted octanol–water partition coefficient (Wildman–Crippen LogP) is 4.25. The van der Waals surface area contributed by atoms with E-state index in [0.29, 0.717) is 45.2 Å². The summed E-state index contributed by atoms with van der Waals surface area (Å²) in [6.45, 7) is 3.80. The maximum atomic E-state index is 13.0. The highest BCUT2D eigenvalue weighted by Crippen LogP contribution is 2.43. The number of rotatable bonds is 3. The molecule has 2 heterocycles. The molecule has 0 amide bonds. The van der Waals surface area contributed by atoms with Gasteiger partial charge in [0.05, 0.1) is 28.7 Å². The highest BCUT2D eigenvalue weighted by Gasteiger charge is 2.42. The second-order valence-corrected chi connectivity index (χ2v) is 6.96.